The maximum atomic E-state index is 12.2. The van der Waals surface area contributed by atoms with Crippen LogP contribution < -0.4 is 10.1 Å². The Bertz CT molecular complexity index is 939. The van der Waals surface area contributed by atoms with Crippen molar-refractivity contribution in [2.75, 3.05) is 0 Å². The number of carbonyl (C=O) groups excluding carboxylic acids is 1. The number of benzene rings is 1. The molecule has 0 spiro atoms. The second kappa shape index (κ2) is 8.42. The van der Waals surface area contributed by atoms with Crippen LogP contribution in [0.15, 0.2) is 48.9 Å². The van der Waals surface area contributed by atoms with Gasteiger partial charge in [0.1, 0.15) is 5.75 Å². The number of aromatic nitrogens is 3. The normalized spacial score (nSPS) is 19.5. The Kier molecular flexibility index (Phi) is 5.55. The standard InChI is InChI=1S/C22H26N4O2/c1-16-9-13-24-26(16)14-11-22(27)25-18-5-7-19(8-6-18)28-21-4-2-3-17-15-23-12-10-20(17)21/h2-4,9-10,12-13,15,18-19H,5-8,11,14H2,1H3,(H,25,27). The first-order valence-corrected chi connectivity index (χ1v) is 9.96. The molecular formula is C22H26N4O2. The number of ether oxygens (including phenoxy) is 1. The molecule has 3 aromatic rings. The van der Waals surface area contributed by atoms with E-state index < -0.39 is 0 Å². The molecule has 1 fully saturated rings. The predicted octanol–water partition coefficient (Wildman–Crippen LogP) is 3.64. The van der Waals surface area contributed by atoms with Crippen molar-refractivity contribution >= 4 is 16.7 Å². The Morgan fingerprint density at radius 3 is 2.82 bits per heavy atom. The molecule has 0 atom stereocenters. The van der Waals surface area contributed by atoms with Gasteiger partial charge in [0, 0.05) is 54.1 Å². The fraction of sp³-hybridized carbons (Fsp3) is 0.409. The van der Waals surface area contributed by atoms with Gasteiger partial charge in [-0.15, -0.1) is 0 Å². The van der Waals surface area contributed by atoms with Crippen molar-refractivity contribution in [3.8, 4) is 5.75 Å². The lowest BCUT2D eigenvalue weighted by atomic mass is 9.92. The van der Waals surface area contributed by atoms with Crippen molar-refractivity contribution in [2.24, 2.45) is 0 Å². The number of hydrogen-bond donors (Lipinski definition) is 1. The third-order valence-electron chi connectivity index (χ3n) is 5.45. The Morgan fingerprint density at radius 2 is 2.04 bits per heavy atom. The van der Waals surface area contributed by atoms with E-state index >= 15 is 0 Å². The molecule has 1 aromatic carbocycles. The number of nitrogens with one attached hydrogen (secondary N) is 1. The molecular weight excluding hydrogens is 352 g/mol. The van der Waals surface area contributed by atoms with Crippen LogP contribution in [0, 0.1) is 6.92 Å². The van der Waals surface area contributed by atoms with Gasteiger partial charge in [-0.3, -0.25) is 14.5 Å². The van der Waals surface area contributed by atoms with E-state index in [9.17, 15) is 4.79 Å². The van der Waals surface area contributed by atoms with Gasteiger partial charge in [0.05, 0.1) is 6.10 Å². The summed E-state index contributed by atoms with van der Waals surface area (Å²) < 4.78 is 8.14. The Balaban J connectivity index is 1.25. The smallest absolute Gasteiger partial charge is 0.222 e. The molecule has 0 bridgehead atoms. The highest BCUT2D eigenvalue weighted by Gasteiger charge is 2.24. The molecule has 2 heterocycles. The van der Waals surface area contributed by atoms with Crippen LogP contribution in [-0.4, -0.2) is 32.8 Å². The van der Waals surface area contributed by atoms with Crippen molar-refractivity contribution in [2.45, 2.75) is 57.7 Å². The topological polar surface area (TPSA) is 69.0 Å². The Labute approximate surface area is 164 Å². The highest BCUT2D eigenvalue weighted by molar-refractivity contribution is 5.87. The SMILES string of the molecule is Cc1ccnn1CCC(=O)NC1CCC(Oc2cccc3cnccc23)CC1. The van der Waals surface area contributed by atoms with Crippen LogP contribution in [0.25, 0.3) is 10.8 Å². The lowest BCUT2D eigenvalue weighted by molar-refractivity contribution is -0.122. The summed E-state index contributed by atoms with van der Waals surface area (Å²) in [5.74, 6) is 1.02. The average Bonchev–Trinajstić information content (AvgIpc) is 3.13. The van der Waals surface area contributed by atoms with Crippen molar-refractivity contribution in [3.63, 3.8) is 0 Å². The molecule has 146 valence electrons. The van der Waals surface area contributed by atoms with Gasteiger partial charge >= 0.3 is 0 Å². The van der Waals surface area contributed by atoms with Crippen LogP contribution in [-0.2, 0) is 11.3 Å². The van der Waals surface area contributed by atoms with Crippen LogP contribution in [0.4, 0.5) is 0 Å². The first-order valence-electron chi connectivity index (χ1n) is 9.96. The third kappa shape index (κ3) is 4.32. The van der Waals surface area contributed by atoms with E-state index in [-0.39, 0.29) is 18.1 Å². The van der Waals surface area contributed by atoms with Gasteiger partial charge in [-0.1, -0.05) is 12.1 Å². The lowest BCUT2D eigenvalue weighted by Crippen LogP contribution is -2.40. The molecule has 2 aromatic heterocycles. The number of nitrogens with zero attached hydrogens (tertiary/aromatic N) is 3. The molecule has 0 saturated heterocycles. The number of pyridine rings is 1. The van der Waals surface area contributed by atoms with E-state index in [2.05, 4.69) is 15.4 Å². The summed E-state index contributed by atoms with van der Waals surface area (Å²) in [6, 6.07) is 10.3. The molecule has 4 rings (SSSR count). The van der Waals surface area contributed by atoms with E-state index in [0.717, 1.165) is 47.9 Å². The van der Waals surface area contributed by atoms with E-state index in [4.69, 9.17) is 4.74 Å². The predicted molar refractivity (Wildman–Crippen MR) is 108 cm³/mol. The number of carbonyl (C=O) groups is 1. The minimum absolute atomic E-state index is 0.0980. The van der Waals surface area contributed by atoms with Gasteiger partial charge in [-0.25, -0.2) is 0 Å². The monoisotopic (exact) mass is 378 g/mol. The van der Waals surface area contributed by atoms with Crippen molar-refractivity contribution < 1.29 is 9.53 Å². The molecule has 0 unspecified atom stereocenters. The molecule has 0 radical (unpaired) electrons. The number of fused-ring (bicyclic) bond motifs is 1. The summed E-state index contributed by atoms with van der Waals surface area (Å²) in [4.78, 5) is 16.4. The van der Waals surface area contributed by atoms with E-state index in [1.807, 2.05) is 48.1 Å². The minimum Gasteiger partial charge on any atom is -0.490 e. The minimum atomic E-state index is 0.0980. The number of hydrogen-bond acceptors (Lipinski definition) is 4. The van der Waals surface area contributed by atoms with E-state index in [0.29, 0.717) is 13.0 Å². The zero-order valence-electron chi connectivity index (χ0n) is 16.2. The number of rotatable bonds is 6. The van der Waals surface area contributed by atoms with Crippen LogP contribution >= 0.6 is 0 Å². The van der Waals surface area contributed by atoms with Gasteiger partial charge in [-0.2, -0.15) is 5.10 Å². The molecule has 6 nitrogen and oxygen atoms in total. The van der Waals surface area contributed by atoms with Crippen LogP contribution in [0.5, 0.6) is 5.75 Å². The fourth-order valence-electron chi connectivity index (χ4n) is 3.84. The molecule has 1 saturated carbocycles. The zero-order valence-corrected chi connectivity index (χ0v) is 16.2. The maximum absolute atomic E-state index is 12.2. The van der Waals surface area contributed by atoms with E-state index in [1.165, 1.54) is 0 Å². The summed E-state index contributed by atoms with van der Waals surface area (Å²) in [7, 11) is 0. The highest BCUT2D eigenvalue weighted by atomic mass is 16.5. The van der Waals surface area contributed by atoms with Gasteiger partial charge < -0.3 is 10.1 Å². The van der Waals surface area contributed by atoms with Gasteiger partial charge in [-0.05, 0) is 50.8 Å². The van der Waals surface area contributed by atoms with Crippen LogP contribution in [0.1, 0.15) is 37.8 Å². The molecule has 28 heavy (non-hydrogen) atoms. The van der Waals surface area contributed by atoms with Crippen molar-refractivity contribution in [1.29, 1.82) is 0 Å². The second-order valence-corrected chi connectivity index (χ2v) is 7.46. The quantitative estimate of drug-likeness (QED) is 0.711. The van der Waals surface area contributed by atoms with Crippen LogP contribution in [0.3, 0.4) is 0 Å². The van der Waals surface area contributed by atoms with Crippen LogP contribution in [0.2, 0.25) is 0 Å². The summed E-state index contributed by atoms with van der Waals surface area (Å²) in [6.07, 6.45) is 9.87. The number of aryl methyl sites for hydroxylation is 2. The average molecular weight is 378 g/mol. The van der Waals surface area contributed by atoms with Gasteiger partial charge in [0.2, 0.25) is 5.91 Å². The molecule has 1 N–H and O–H groups in total. The summed E-state index contributed by atoms with van der Waals surface area (Å²) in [5.41, 5.74) is 1.08. The molecule has 1 aliphatic carbocycles. The van der Waals surface area contributed by atoms with Crippen molar-refractivity contribution in [3.05, 3.63) is 54.6 Å². The molecule has 6 heteroatoms. The van der Waals surface area contributed by atoms with E-state index in [1.54, 1.807) is 12.4 Å². The van der Waals surface area contributed by atoms with Gasteiger partial charge in [0.25, 0.3) is 0 Å². The maximum Gasteiger partial charge on any atom is 0.222 e. The Hall–Kier alpha value is -2.89. The largest absolute Gasteiger partial charge is 0.490 e. The van der Waals surface area contributed by atoms with Crippen molar-refractivity contribution in [1.82, 2.24) is 20.1 Å². The summed E-state index contributed by atoms with van der Waals surface area (Å²) in [5, 5.41) is 9.58. The zero-order chi connectivity index (χ0) is 19.3. The Morgan fingerprint density at radius 1 is 1.18 bits per heavy atom. The van der Waals surface area contributed by atoms with Gasteiger partial charge in [0.15, 0.2) is 0 Å². The molecule has 1 amide bonds. The summed E-state index contributed by atoms with van der Waals surface area (Å²) >= 11 is 0. The molecule has 0 aliphatic heterocycles. The first kappa shape index (κ1) is 18.5. The lowest BCUT2D eigenvalue weighted by Gasteiger charge is -2.30. The highest BCUT2D eigenvalue weighted by Crippen LogP contribution is 2.29. The third-order valence-corrected chi connectivity index (χ3v) is 5.45. The number of amides is 1. The second-order valence-electron chi connectivity index (χ2n) is 7.46. The molecule has 1 aliphatic rings. The first-order chi connectivity index (χ1) is 13.7. The fourth-order valence-corrected chi connectivity index (χ4v) is 3.84. The summed E-state index contributed by atoms with van der Waals surface area (Å²) in [6.45, 7) is 2.62.